The SMILES string of the molecule is CN(C)CCn1c(=O)c2cnc(-c3ccc(Cl)cc3)nc2n(C)c1=O. The monoisotopic (exact) mass is 359 g/mol. The Morgan fingerprint density at radius 3 is 2.48 bits per heavy atom. The van der Waals surface area contributed by atoms with Gasteiger partial charge in [0.05, 0.1) is 0 Å². The first-order chi connectivity index (χ1) is 11.9. The van der Waals surface area contributed by atoms with E-state index in [1.807, 2.05) is 19.0 Å². The van der Waals surface area contributed by atoms with Crippen LogP contribution < -0.4 is 11.2 Å². The van der Waals surface area contributed by atoms with Crippen LogP contribution in [0.4, 0.5) is 0 Å². The van der Waals surface area contributed by atoms with Crippen molar-refractivity contribution in [3.63, 3.8) is 0 Å². The maximum atomic E-state index is 12.6. The Bertz CT molecular complexity index is 1040. The van der Waals surface area contributed by atoms with Gasteiger partial charge < -0.3 is 4.90 Å². The zero-order valence-electron chi connectivity index (χ0n) is 14.2. The van der Waals surface area contributed by atoms with Crippen molar-refractivity contribution in [1.29, 1.82) is 0 Å². The van der Waals surface area contributed by atoms with Crippen LogP contribution >= 0.6 is 11.6 Å². The minimum Gasteiger partial charge on any atom is -0.308 e. The average Bonchev–Trinajstić information content (AvgIpc) is 2.60. The molecule has 8 heteroatoms. The Labute approximate surface area is 149 Å². The van der Waals surface area contributed by atoms with Crippen molar-refractivity contribution in [1.82, 2.24) is 24.0 Å². The molecule has 2 aromatic heterocycles. The van der Waals surface area contributed by atoms with E-state index in [2.05, 4.69) is 9.97 Å². The minimum atomic E-state index is -0.389. The van der Waals surface area contributed by atoms with Crippen molar-refractivity contribution in [2.45, 2.75) is 6.54 Å². The lowest BCUT2D eigenvalue weighted by Gasteiger charge is -2.13. The molecule has 7 nitrogen and oxygen atoms in total. The van der Waals surface area contributed by atoms with Gasteiger partial charge in [-0.15, -0.1) is 0 Å². The molecule has 0 bridgehead atoms. The predicted molar refractivity (Wildman–Crippen MR) is 98.0 cm³/mol. The third-order valence-electron chi connectivity index (χ3n) is 3.95. The molecule has 3 aromatic rings. The van der Waals surface area contributed by atoms with Gasteiger partial charge in [-0.05, 0) is 38.4 Å². The van der Waals surface area contributed by atoms with Crippen LogP contribution in [-0.4, -0.2) is 44.6 Å². The van der Waals surface area contributed by atoms with E-state index >= 15 is 0 Å². The largest absolute Gasteiger partial charge is 0.332 e. The molecular formula is C17H18ClN5O2. The number of hydrogen-bond acceptors (Lipinski definition) is 5. The molecule has 2 heterocycles. The molecule has 0 aliphatic heterocycles. The van der Waals surface area contributed by atoms with Gasteiger partial charge in [0.25, 0.3) is 5.56 Å². The van der Waals surface area contributed by atoms with Gasteiger partial charge in [0.15, 0.2) is 11.5 Å². The summed E-state index contributed by atoms with van der Waals surface area (Å²) in [5.74, 6) is 0.435. The highest BCUT2D eigenvalue weighted by Gasteiger charge is 2.14. The molecule has 0 saturated heterocycles. The van der Waals surface area contributed by atoms with E-state index < -0.39 is 0 Å². The van der Waals surface area contributed by atoms with Crippen molar-refractivity contribution in [2.75, 3.05) is 20.6 Å². The molecule has 0 N–H and O–H groups in total. The minimum absolute atomic E-state index is 0.313. The third-order valence-corrected chi connectivity index (χ3v) is 4.20. The molecule has 0 fully saturated rings. The summed E-state index contributed by atoms with van der Waals surface area (Å²) in [6, 6.07) is 7.06. The molecule has 0 saturated carbocycles. The van der Waals surface area contributed by atoms with Crippen LogP contribution in [0.5, 0.6) is 0 Å². The Hall–Kier alpha value is -2.51. The molecule has 0 unspecified atom stereocenters. The zero-order valence-corrected chi connectivity index (χ0v) is 15.0. The van der Waals surface area contributed by atoms with Gasteiger partial charge in [-0.3, -0.25) is 13.9 Å². The van der Waals surface area contributed by atoms with Crippen molar-refractivity contribution < 1.29 is 0 Å². The lowest BCUT2D eigenvalue weighted by Crippen LogP contribution is -2.41. The van der Waals surface area contributed by atoms with Gasteiger partial charge >= 0.3 is 5.69 Å². The van der Waals surface area contributed by atoms with E-state index in [1.165, 1.54) is 15.3 Å². The summed E-state index contributed by atoms with van der Waals surface area (Å²) in [5, 5.41) is 0.930. The second kappa shape index (κ2) is 6.78. The molecule has 0 aliphatic carbocycles. The third kappa shape index (κ3) is 3.33. The van der Waals surface area contributed by atoms with E-state index in [1.54, 1.807) is 31.3 Å². The molecule has 0 amide bonds. The predicted octanol–water partition coefficient (Wildman–Crippen LogP) is 1.37. The van der Waals surface area contributed by atoms with Gasteiger partial charge in [-0.2, -0.15) is 0 Å². The summed E-state index contributed by atoms with van der Waals surface area (Å²) in [6.07, 6.45) is 1.47. The molecule has 130 valence electrons. The van der Waals surface area contributed by atoms with Gasteiger partial charge in [0.1, 0.15) is 5.39 Å². The number of benzene rings is 1. The Kier molecular flexibility index (Phi) is 4.69. The lowest BCUT2D eigenvalue weighted by atomic mass is 10.2. The van der Waals surface area contributed by atoms with Crippen molar-refractivity contribution >= 4 is 22.6 Å². The van der Waals surface area contributed by atoms with E-state index in [0.717, 1.165) is 5.56 Å². The van der Waals surface area contributed by atoms with Crippen molar-refractivity contribution in [2.24, 2.45) is 7.05 Å². The molecule has 0 radical (unpaired) electrons. The zero-order chi connectivity index (χ0) is 18.1. The van der Waals surface area contributed by atoms with E-state index in [9.17, 15) is 9.59 Å². The smallest absolute Gasteiger partial charge is 0.308 e. The number of likely N-dealkylation sites (N-methyl/N-ethyl adjacent to an activating group) is 1. The number of halogens is 1. The molecule has 25 heavy (non-hydrogen) atoms. The number of nitrogens with zero attached hydrogens (tertiary/aromatic N) is 5. The fourth-order valence-electron chi connectivity index (χ4n) is 2.52. The number of rotatable bonds is 4. The van der Waals surface area contributed by atoms with Crippen molar-refractivity contribution in [3.05, 3.63) is 56.3 Å². The fourth-order valence-corrected chi connectivity index (χ4v) is 2.64. The fraction of sp³-hybridized carbons (Fsp3) is 0.294. The van der Waals surface area contributed by atoms with Crippen LogP contribution in [0, 0.1) is 0 Å². The van der Waals surface area contributed by atoms with Gasteiger partial charge in [0, 0.05) is 36.9 Å². The average molecular weight is 360 g/mol. The number of aromatic nitrogens is 4. The van der Waals surface area contributed by atoms with Crippen LogP contribution in [0.3, 0.4) is 0 Å². The summed E-state index contributed by atoms with van der Waals surface area (Å²) in [4.78, 5) is 35.8. The Morgan fingerprint density at radius 2 is 1.84 bits per heavy atom. The van der Waals surface area contributed by atoms with Gasteiger partial charge in [-0.25, -0.2) is 14.8 Å². The highest BCUT2D eigenvalue weighted by atomic mass is 35.5. The van der Waals surface area contributed by atoms with Gasteiger partial charge in [0.2, 0.25) is 0 Å². The van der Waals surface area contributed by atoms with Crippen molar-refractivity contribution in [3.8, 4) is 11.4 Å². The lowest BCUT2D eigenvalue weighted by molar-refractivity contribution is 0.375. The maximum absolute atomic E-state index is 12.6. The Morgan fingerprint density at radius 1 is 1.16 bits per heavy atom. The Balaban J connectivity index is 2.17. The second-order valence-corrected chi connectivity index (χ2v) is 6.48. The first kappa shape index (κ1) is 17.3. The maximum Gasteiger partial charge on any atom is 0.332 e. The van der Waals surface area contributed by atoms with Crippen LogP contribution in [0.15, 0.2) is 40.1 Å². The molecular weight excluding hydrogens is 342 g/mol. The first-order valence-electron chi connectivity index (χ1n) is 7.75. The summed E-state index contributed by atoms with van der Waals surface area (Å²) in [7, 11) is 5.38. The number of hydrogen-bond donors (Lipinski definition) is 0. The van der Waals surface area contributed by atoms with E-state index in [-0.39, 0.29) is 11.2 Å². The normalized spacial score (nSPS) is 11.4. The van der Waals surface area contributed by atoms with Gasteiger partial charge in [-0.1, -0.05) is 11.6 Å². The van der Waals surface area contributed by atoms with Crippen LogP contribution in [-0.2, 0) is 13.6 Å². The van der Waals surface area contributed by atoms with Crippen LogP contribution in [0.25, 0.3) is 22.4 Å². The highest BCUT2D eigenvalue weighted by molar-refractivity contribution is 6.30. The van der Waals surface area contributed by atoms with Crippen LogP contribution in [0.1, 0.15) is 0 Å². The quantitative estimate of drug-likeness (QED) is 0.703. The van der Waals surface area contributed by atoms with E-state index in [0.29, 0.717) is 35.0 Å². The van der Waals surface area contributed by atoms with E-state index in [4.69, 9.17) is 11.6 Å². The highest BCUT2D eigenvalue weighted by Crippen LogP contribution is 2.18. The topological polar surface area (TPSA) is 73.0 Å². The number of aryl methyl sites for hydroxylation is 1. The number of fused-ring (bicyclic) bond motifs is 1. The van der Waals surface area contributed by atoms with Crippen LogP contribution in [0.2, 0.25) is 5.02 Å². The summed E-state index contributed by atoms with van der Waals surface area (Å²) in [5.41, 5.74) is 0.314. The second-order valence-electron chi connectivity index (χ2n) is 6.04. The summed E-state index contributed by atoms with van der Waals surface area (Å²) < 4.78 is 2.60. The standard InChI is InChI=1S/C17H18ClN5O2/c1-21(2)8-9-23-16(24)13-10-19-14(11-4-6-12(18)7-5-11)20-15(13)22(3)17(23)25/h4-7,10H,8-9H2,1-3H3. The molecule has 3 rings (SSSR count). The molecule has 0 atom stereocenters. The molecule has 1 aromatic carbocycles. The molecule has 0 aliphatic rings. The summed E-state index contributed by atoms with van der Waals surface area (Å²) in [6.45, 7) is 0.901. The first-order valence-corrected chi connectivity index (χ1v) is 8.13. The molecule has 0 spiro atoms. The summed E-state index contributed by atoms with van der Waals surface area (Å²) >= 11 is 5.90.